The number of aromatic nitrogens is 1. The maximum atomic E-state index is 12.5. The van der Waals surface area contributed by atoms with Gasteiger partial charge in [-0.3, -0.25) is 9.59 Å². The molecule has 0 bridgehead atoms. The number of pyridine rings is 1. The van der Waals surface area contributed by atoms with Gasteiger partial charge in [-0.05, 0) is 48.1 Å². The lowest BCUT2D eigenvalue weighted by Crippen LogP contribution is -2.38. The lowest BCUT2D eigenvalue weighted by atomic mass is 9.75. The molecule has 1 amide bonds. The molecule has 3 unspecified atom stereocenters. The number of nitrogens with zero attached hydrogens (tertiary/aromatic N) is 1. The van der Waals surface area contributed by atoms with Crippen LogP contribution in [0, 0.1) is 17.8 Å². The van der Waals surface area contributed by atoms with E-state index in [1.807, 2.05) is 30.3 Å². The summed E-state index contributed by atoms with van der Waals surface area (Å²) in [5.41, 5.74) is 1.39. The Bertz CT molecular complexity index is 887. The molecule has 1 aromatic heterocycles. The minimum atomic E-state index is -0.170. The van der Waals surface area contributed by atoms with E-state index in [9.17, 15) is 9.59 Å². The highest BCUT2D eigenvalue weighted by Crippen LogP contribution is 2.35. The van der Waals surface area contributed by atoms with Gasteiger partial charge in [0.05, 0.1) is 11.6 Å². The Balaban J connectivity index is 1.59. The number of para-hydroxylation sites is 1. The van der Waals surface area contributed by atoms with Gasteiger partial charge in [-0.15, -0.1) is 0 Å². The lowest BCUT2D eigenvalue weighted by Gasteiger charge is -2.37. The summed E-state index contributed by atoms with van der Waals surface area (Å²) in [6, 6.07) is 9.61. The van der Waals surface area contributed by atoms with Gasteiger partial charge in [0.15, 0.2) is 0 Å². The first-order valence-electron chi connectivity index (χ1n) is 10.3. The van der Waals surface area contributed by atoms with Gasteiger partial charge in [0.2, 0.25) is 5.91 Å². The van der Waals surface area contributed by atoms with Crippen LogP contribution in [0.4, 0.5) is 0 Å². The lowest BCUT2D eigenvalue weighted by molar-refractivity contribution is -0.131. The van der Waals surface area contributed by atoms with Crippen molar-refractivity contribution in [3.8, 4) is 0 Å². The number of carbonyl (C=O) groups excluding carboxylic acids is 1. The number of aryl methyl sites for hydroxylation is 1. The number of hydrogen-bond donors (Lipinski definition) is 1. The predicted molar refractivity (Wildman–Crippen MR) is 112 cm³/mol. The molecule has 1 heterocycles. The minimum absolute atomic E-state index is 0.0501. The SMILES string of the molecule is CC1CCC(C(C)C)C(OCC(=O)NCc2cc3ccccc3n(C)c2=O)C1. The highest BCUT2D eigenvalue weighted by atomic mass is 16.5. The summed E-state index contributed by atoms with van der Waals surface area (Å²) in [5.74, 6) is 1.54. The molecule has 152 valence electrons. The van der Waals surface area contributed by atoms with E-state index in [0.29, 0.717) is 23.3 Å². The van der Waals surface area contributed by atoms with Crippen LogP contribution in [0.1, 0.15) is 45.6 Å². The van der Waals surface area contributed by atoms with Crippen molar-refractivity contribution >= 4 is 16.8 Å². The van der Waals surface area contributed by atoms with Crippen molar-refractivity contribution < 1.29 is 9.53 Å². The third kappa shape index (κ3) is 4.64. The van der Waals surface area contributed by atoms with Crippen molar-refractivity contribution in [2.24, 2.45) is 24.8 Å². The first kappa shape index (κ1) is 20.6. The molecule has 0 aliphatic heterocycles. The normalized spacial score (nSPS) is 22.5. The Morgan fingerprint density at radius 3 is 2.79 bits per heavy atom. The zero-order valence-corrected chi connectivity index (χ0v) is 17.4. The molecule has 1 aliphatic carbocycles. The highest BCUT2D eigenvalue weighted by molar-refractivity contribution is 5.80. The van der Waals surface area contributed by atoms with E-state index in [-0.39, 0.29) is 30.7 Å². The second-order valence-corrected chi connectivity index (χ2v) is 8.54. The monoisotopic (exact) mass is 384 g/mol. The van der Waals surface area contributed by atoms with Gasteiger partial charge in [-0.1, -0.05) is 45.4 Å². The van der Waals surface area contributed by atoms with Crippen LogP contribution < -0.4 is 10.9 Å². The molecule has 1 saturated carbocycles. The molecule has 28 heavy (non-hydrogen) atoms. The molecule has 0 spiro atoms. The summed E-state index contributed by atoms with van der Waals surface area (Å²) in [5, 5.41) is 3.84. The van der Waals surface area contributed by atoms with Gasteiger partial charge in [-0.2, -0.15) is 0 Å². The number of fused-ring (bicyclic) bond motifs is 1. The minimum Gasteiger partial charge on any atom is -0.368 e. The zero-order valence-electron chi connectivity index (χ0n) is 17.4. The Labute approximate surface area is 167 Å². The van der Waals surface area contributed by atoms with Gasteiger partial charge >= 0.3 is 0 Å². The fourth-order valence-corrected chi connectivity index (χ4v) is 4.35. The molecule has 1 aromatic carbocycles. The molecular formula is C23H32N2O3. The second kappa shape index (κ2) is 8.91. The number of ether oxygens (including phenoxy) is 1. The third-order valence-electron chi connectivity index (χ3n) is 6.07. The Morgan fingerprint density at radius 2 is 2.04 bits per heavy atom. The predicted octanol–water partition coefficient (Wildman–Crippen LogP) is 3.63. The highest BCUT2D eigenvalue weighted by Gasteiger charge is 2.31. The van der Waals surface area contributed by atoms with E-state index in [2.05, 4.69) is 26.1 Å². The van der Waals surface area contributed by atoms with Crippen molar-refractivity contribution in [3.05, 3.63) is 46.2 Å². The Hall–Kier alpha value is -2.14. The van der Waals surface area contributed by atoms with Gasteiger partial charge in [0.25, 0.3) is 5.56 Å². The van der Waals surface area contributed by atoms with Crippen molar-refractivity contribution in [1.29, 1.82) is 0 Å². The smallest absolute Gasteiger partial charge is 0.255 e. The maximum absolute atomic E-state index is 12.5. The van der Waals surface area contributed by atoms with E-state index in [1.165, 1.54) is 6.42 Å². The van der Waals surface area contributed by atoms with Crippen molar-refractivity contribution in [2.75, 3.05) is 6.61 Å². The Morgan fingerprint density at radius 1 is 1.29 bits per heavy atom. The van der Waals surface area contributed by atoms with E-state index in [0.717, 1.165) is 23.7 Å². The second-order valence-electron chi connectivity index (χ2n) is 8.54. The van der Waals surface area contributed by atoms with Gasteiger partial charge in [-0.25, -0.2) is 0 Å². The molecule has 0 saturated heterocycles. The topological polar surface area (TPSA) is 60.3 Å². The zero-order chi connectivity index (χ0) is 20.3. The fourth-order valence-electron chi connectivity index (χ4n) is 4.35. The molecule has 1 fully saturated rings. The van der Waals surface area contributed by atoms with Crippen molar-refractivity contribution in [3.63, 3.8) is 0 Å². The molecule has 5 nitrogen and oxygen atoms in total. The average molecular weight is 385 g/mol. The maximum Gasteiger partial charge on any atom is 0.255 e. The van der Waals surface area contributed by atoms with Crippen LogP contribution in [0.15, 0.2) is 35.1 Å². The first-order valence-corrected chi connectivity index (χ1v) is 10.3. The van der Waals surface area contributed by atoms with Crippen LogP contribution in [-0.4, -0.2) is 23.2 Å². The third-order valence-corrected chi connectivity index (χ3v) is 6.07. The standard InChI is InChI=1S/C23H32N2O3/c1-15(2)19-10-9-16(3)11-21(19)28-14-22(26)24-13-18-12-17-7-5-6-8-20(17)25(4)23(18)27/h5-8,12,15-16,19,21H,9-11,13-14H2,1-4H3,(H,24,26). The quantitative estimate of drug-likeness (QED) is 0.827. The van der Waals surface area contributed by atoms with Crippen molar-refractivity contribution in [1.82, 2.24) is 9.88 Å². The largest absolute Gasteiger partial charge is 0.368 e. The molecule has 3 atom stereocenters. The molecule has 2 aromatic rings. The molecular weight excluding hydrogens is 352 g/mol. The molecule has 1 aliphatic rings. The average Bonchev–Trinajstić information content (AvgIpc) is 2.68. The van der Waals surface area contributed by atoms with E-state index < -0.39 is 0 Å². The van der Waals surface area contributed by atoms with Crippen LogP contribution in [0.2, 0.25) is 0 Å². The summed E-state index contributed by atoms with van der Waals surface area (Å²) in [6.07, 6.45) is 3.56. The van der Waals surface area contributed by atoms with E-state index in [1.54, 1.807) is 11.6 Å². The first-order chi connectivity index (χ1) is 13.4. The number of carbonyl (C=O) groups is 1. The van der Waals surface area contributed by atoms with Gasteiger partial charge in [0, 0.05) is 19.2 Å². The summed E-state index contributed by atoms with van der Waals surface area (Å²) in [4.78, 5) is 24.9. The van der Waals surface area contributed by atoms with Gasteiger partial charge < -0.3 is 14.6 Å². The number of nitrogens with one attached hydrogen (secondary N) is 1. The molecule has 3 rings (SSSR count). The van der Waals surface area contributed by atoms with Gasteiger partial charge in [0.1, 0.15) is 6.61 Å². The number of amides is 1. The van der Waals surface area contributed by atoms with Crippen LogP contribution in [0.3, 0.4) is 0 Å². The van der Waals surface area contributed by atoms with Crippen LogP contribution in [0.5, 0.6) is 0 Å². The molecule has 0 radical (unpaired) electrons. The number of hydrogen-bond acceptors (Lipinski definition) is 3. The van der Waals surface area contributed by atoms with Crippen LogP contribution >= 0.6 is 0 Å². The summed E-state index contributed by atoms with van der Waals surface area (Å²) in [7, 11) is 1.76. The van der Waals surface area contributed by atoms with Crippen LogP contribution in [0.25, 0.3) is 10.9 Å². The number of rotatable bonds is 6. The van der Waals surface area contributed by atoms with Crippen molar-refractivity contribution in [2.45, 2.75) is 52.7 Å². The van der Waals surface area contributed by atoms with E-state index >= 15 is 0 Å². The fraction of sp³-hybridized carbons (Fsp3) is 0.565. The van der Waals surface area contributed by atoms with E-state index in [4.69, 9.17) is 4.74 Å². The van der Waals surface area contributed by atoms with Crippen LogP contribution in [-0.2, 0) is 23.1 Å². The summed E-state index contributed by atoms with van der Waals surface area (Å²) < 4.78 is 7.64. The number of benzene rings is 1. The summed E-state index contributed by atoms with van der Waals surface area (Å²) in [6.45, 7) is 6.98. The molecule has 1 N–H and O–H groups in total. The molecule has 5 heteroatoms. The Kier molecular flexibility index (Phi) is 6.55. The summed E-state index contributed by atoms with van der Waals surface area (Å²) >= 11 is 0.